The van der Waals surface area contributed by atoms with Gasteiger partial charge in [-0.05, 0) is 38.6 Å². The van der Waals surface area contributed by atoms with Gasteiger partial charge in [0.2, 0.25) is 0 Å². The van der Waals surface area contributed by atoms with E-state index in [1.54, 1.807) is 0 Å². The molecule has 14 heavy (non-hydrogen) atoms. The van der Waals surface area contributed by atoms with Crippen molar-refractivity contribution in [1.82, 2.24) is 5.32 Å². The minimum Gasteiger partial charge on any atom is -0.375 e. The van der Waals surface area contributed by atoms with Crippen LogP contribution in [0.25, 0.3) is 0 Å². The van der Waals surface area contributed by atoms with Crippen molar-refractivity contribution in [1.29, 1.82) is 0 Å². The first-order valence-electron chi connectivity index (χ1n) is 5.96. The predicted octanol–water partition coefficient (Wildman–Crippen LogP) is 2.58. The lowest BCUT2D eigenvalue weighted by atomic mass is 9.83. The molecule has 2 heteroatoms. The standard InChI is InChI=1S/C12H25NO/c1-5-7-13-11-6-8-14-12(4,9-11)10(2)3/h10-11,13H,5-9H2,1-4H3. The van der Waals surface area contributed by atoms with Crippen molar-refractivity contribution in [3.05, 3.63) is 0 Å². The molecule has 0 aromatic heterocycles. The summed E-state index contributed by atoms with van der Waals surface area (Å²) in [5.74, 6) is 0.605. The molecule has 84 valence electrons. The highest BCUT2D eigenvalue weighted by Gasteiger charge is 2.35. The van der Waals surface area contributed by atoms with Gasteiger partial charge in [0.1, 0.15) is 0 Å². The molecule has 0 radical (unpaired) electrons. The minimum atomic E-state index is 0.0870. The quantitative estimate of drug-likeness (QED) is 0.751. The maximum atomic E-state index is 5.90. The normalized spacial score (nSPS) is 33.6. The molecule has 1 saturated heterocycles. The van der Waals surface area contributed by atoms with E-state index in [9.17, 15) is 0 Å². The Kier molecular flexibility index (Phi) is 4.39. The summed E-state index contributed by atoms with van der Waals surface area (Å²) < 4.78 is 5.90. The van der Waals surface area contributed by atoms with Crippen molar-refractivity contribution in [2.24, 2.45) is 5.92 Å². The van der Waals surface area contributed by atoms with E-state index < -0.39 is 0 Å². The molecular weight excluding hydrogens is 174 g/mol. The number of nitrogens with one attached hydrogen (secondary N) is 1. The molecule has 1 N–H and O–H groups in total. The fourth-order valence-electron chi connectivity index (χ4n) is 2.01. The van der Waals surface area contributed by atoms with E-state index in [-0.39, 0.29) is 5.60 Å². The molecule has 0 spiro atoms. The van der Waals surface area contributed by atoms with E-state index in [0.29, 0.717) is 12.0 Å². The smallest absolute Gasteiger partial charge is 0.0692 e. The van der Waals surface area contributed by atoms with Gasteiger partial charge in [-0.2, -0.15) is 0 Å². The molecule has 1 rings (SSSR count). The SMILES string of the molecule is CCCNC1CCOC(C)(C(C)C)C1. The Hall–Kier alpha value is -0.0800. The summed E-state index contributed by atoms with van der Waals surface area (Å²) in [6.45, 7) is 11.0. The molecule has 0 saturated carbocycles. The summed E-state index contributed by atoms with van der Waals surface area (Å²) >= 11 is 0. The predicted molar refractivity (Wildman–Crippen MR) is 60.5 cm³/mol. The molecule has 0 bridgehead atoms. The zero-order valence-corrected chi connectivity index (χ0v) is 10.1. The van der Waals surface area contributed by atoms with Gasteiger partial charge in [0, 0.05) is 12.6 Å². The second kappa shape index (κ2) is 5.13. The van der Waals surface area contributed by atoms with Crippen molar-refractivity contribution in [2.45, 2.75) is 58.6 Å². The monoisotopic (exact) mass is 199 g/mol. The Bertz CT molecular complexity index is 170. The van der Waals surface area contributed by atoms with Crippen LogP contribution in [0.15, 0.2) is 0 Å². The Labute approximate surface area is 88.4 Å². The van der Waals surface area contributed by atoms with Crippen molar-refractivity contribution >= 4 is 0 Å². The molecule has 0 aliphatic carbocycles. The van der Waals surface area contributed by atoms with E-state index in [1.807, 2.05) is 0 Å². The summed E-state index contributed by atoms with van der Waals surface area (Å²) in [6, 6.07) is 0.663. The molecule has 0 aromatic rings. The van der Waals surface area contributed by atoms with Crippen molar-refractivity contribution < 1.29 is 4.74 Å². The lowest BCUT2D eigenvalue weighted by molar-refractivity contribution is -0.104. The third-order valence-corrected chi connectivity index (χ3v) is 3.45. The molecule has 2 atom stereocenters. The fraction of sp³-hybridized carbons (Fsp3) is 1.00. The Morgan fingerprint density at radius 1 is 1.50 bits per heavy atom. The van der Waals surface area contributed by atoms with Gasteiger partial charge in [0.25, 0.3) is 0 Å². The third kappa shape index (κ3) is 2.96. The summed E-state index contributed by atoms with van der Waals surface area (Å²) in [5, 5.41) is 3.60. The molecule has 1 aliphatic rings. The second-order valence-electron chi connectivity index (χ2n) is 4.96. The maximum absolute atomic E-state index is 5.90. The van der Waals surface area contributed by atoms with E-state index in [0.717, 1.165) is 19.6 Å². The average molecular weight is 199 g/mol. The number of hydrogen-bond acceptors (Lipinski definition) is 2. The molecule has 2 nitrogen and oxygen atoms in total. The first kappa shape index (κ1) is 12.0. The highest BCUT2D eigenvalue weighted by molar-refractivity contribution is 4.88. The van der Waals surface area contributed by atoms with Crippen LogP contribution in [0, 0.1) is 5.92 Å². The lowest BCUT2D eigenvalue weighted by Crippen LogP contribution is -2.48. The van der Waals surface area contributed by atoms with Crippen LogP contribution in [0.1, 0.15) is 47.0 Å². The topological polar surface area (TPSA) is 21.3 Å². The highest BCUT2D eigenvalue weighted by Crippen LogP contribution is 2.31. The molecule has 1 heterocycles. The van der Waals surface area contributed by atoms with Crippen LogP contribution < -0.4 is 5.32 Å². The molecule has 0 amide bonds. The summed E-state index contributed by atoms with van der Waals surface area (Å²) in [5.41, 5.74) is 0.0870. The van der Waals surface area contributed by atoms with Crippen LogP contribution in [0.3, 0.4) is 0 Å². The van der Waals surface area contributed by atoms with E-state index in [4.69, 9.17) is 4.74 Å². The Morgan fingerprint density at radius 3 is 2.79 bits per heavy atom. The van der Waals surface area contributed by atoms with Gasteiger partial charge in [-0.15, -0.1) is 0 Å². The van der Waals surface area contributed by atoms with Crippen LogP contribution >= 0.6 is 0 Å². The van der Waals surface area contributed by atoms with Crippen LogP contribution in [-0.4, -0.2) is 24.8 Å². The van der Waals surface area contributed by atoms with Gasteiger partial charge >= 0.3 is 0 Å². The van der Waals surface area contributed by atoms with Gasteiger partial charge < -0.3 is 10.1 Å². The van der Waals surface area contributed by atoms with Crippen molar-refractivity contribution in [3.63, 3.8) is 0 Å². The van der Waals surface area contributed by atoms with Gasteiger partial charge in [-0.3, -0.25) is 0 Å². The molecule has 0 aromatic carbocycles. The van der Waals surface area contributed by atoms with E-state index >= 15 is 0 Å². The van der Waals surface area contributed by atoms with Crippen LogP contribution in [0.5, 0.6) is 0 Å². The molecule has 2 unspecified atom stereocenters. The minimum absolute atomic E-state index is 0.0870. The molecular formula is C12H25NO. The van der Waals surface area contributed by atoms with Gasteiger partial charge in [0.15, 0.2) is 0 Å². The first-order chi connectivity index (χ1) is 6.58. The van der Waals surface area contributed by atoms with Crippen LogP contribution in [0.2, 0.25) is 0 Å². The lowest BCUT2D eigenvalue weighted by Gasteiger charge is -2.41. The molecule has 1 fully saturated rings. The Balaban J connectivity index is 2.42. The van der Waals surface area contributed by atoms with Gasteiger partial charge in [0.05, 0.1) is 5.60 Å². The number of rotatable bonds is 4. The largest absolute Gasteiger partial charge is 0.375 e. The van der Waals surface area contributed by atoms with Crippen molar-refractivity contribution in [3.8, 4) is 0 Å². The molecule has 1 aliphatic heterocycles. The zero-order chi connectivity index (χ0) is 10.6. The van der Waals surface area contributed by atoms with E-state index in [1.165, 1.54) is 12.8 Å². The Morgan fingerprint density at radius 2 is 2.21 bits per heavy atom. The summed E-state index contributed by atoms with van der Waals surface area (Å²) in [7, 11) is 0. The fourth-order valence-corrected chi connectivity index (χ4v) is 2.01. The average Bonchev–Trinajstić information content (AvgIpc) is 2.15. The first-order valence-corrected chi connectivity index (χ1v) is 5.96. The summed E-state index contributed by atoms with van der Waals surface area (Å²) in [4.78, 5) is 0. The number of hydrogen-bond donors (Lipinski definition) is 1. The second-order valence-corrected chi connectivity index (χ2v) is 4.96. The summed E-state index contributed by atoms with van der Waals surface area (Å²) in [6.07, 6.45) is 3.54. The van der Waals surface area contributed by atoms with Gasteiger partial charge in [-0.1, -0.05) is 20.8 Å². The van der Waals surface area contributed by atoms with Crippen LogP contribution in [0.4, 0.5) is 0 Å². The van der Waals surface area contributed by atoms with Crippen LogP contribution in [-0.2, 0) is 4.74 Å². The van der Waals surface area contributed by atoms with Gasteiger partial charge in [-0.25, -0.2) is 0 Å². The van der Waals surface area contributed by atoms with E-state index in [2.05, 4.69) is 33.0 Å². The highest BCUT2D eigenvalue weighted by atomic mass is 16.5. The zero-order valence-electron chi connectivity index (χ0n) is 10.1. The number of ether oxygens (including phenoxy) is 1. The maximum Gasteiger partial charge on any atom is 0.0692 e. The third-order valence-electron chi connectivity index (χ3n) is 3.45. The van der Waals surface area contributed by atoms with Crippen molar-refractivity contribution in [2.75, 3.05) is 13.2 Å².